The molecular formula is C16H15N. The molecule has 0 saturated carbocycles. The van der Waals surface area contributed by atoms with E-state index in [0.29, 0.717) is 6.42 Å². The number of rotatable bonds is 4. The molecule has 0 heterocycles. The second-order valence-electron chi connectivity index (χ2n) is 4.14. The summed E-state index contributed by atoms with van der Waals surface area (Å²) in [5, 5.41) is 8.59. The Bertz CT molecular complexity index is 491. The van der Waals surface area contributed by atoms with E-state index in [1.807, 2.05) is 18.2 Å². The van der Waals surface area contributed by atoms with Crippen molar-refractivity contribution in [3.05, 3.63) is 71.3 Å². The van der Waals surface area contributed by atoms with Crippen LogP contribution in [0.3, 0.4) is 0 Å². The molecule has 2 aromatic carbocycles. The summed E-state index contributed by atoms with van der Waals surface area (Å²) in [6.07, 6.45) is 2.62. The van der Waals surface area contributed by atoms with E-state index in [-0.39, 0.29) is 0 Å². The second-order valence-corrected chi connectivity index (χ2v) is 4.14. The smallest absolute Gasteiger partial charge is 0.0669 e. The number of aryl methyl sites for hydroxylation is 2. The Labute approximate surface area is 102 Å². The van der Waals surface area contributed by atoms with Crippen molar-refractivity contribution in [1.29, 1.82) is 5.26 Å². The lowest BCUT2D eigenvalue weighted by Gasteiger charge is -2.03. The molecule has 84 valence electrons. The molecule has 0 unspecified atom stereocenters. The molecule has 0 fully saturated rings. The van der Waals surface area contributed by atoms with Gasteiger partial charge in [-0.2, -0.15) is 5.26 Å². The molecule has 0 aromatic heterocycles. The summed E-state index contributed by atoms with van der Waals surface area (Å²) < 4.78 is 0. The fourth-order valence-corrected chi connectivity index (χ4v) is 1.85. The summed E-state index contributed by atoms with van der Waals surface area (Å²) in [4.78, 5) is 0. The van der Waals surface area contributed by atoms with E-state index >= 15 is 0 Å². The fourth-order valence-electron chi connectivity index (χ4n) is 1.85. The molecule has 0 N–H and O–H groups in total. The van der Waals surface area contributed by atoms with Gasteiger partial charge in [-0.1, -0.05) is 54.6 Å². The van der Waals surface area contributed by atoms with Gasteiger partial charge in [0.2, 0.25) is 0 Å². The van der Waals surface area contributed by atoms with Gasteiger partial charge in [-0.15, -0.1) is 0 Å². The molecule has 1 nitrogen and oxygen atoms in total. The second kappa shape index (κ2) is 5.86. The quantitative estimate of drug-likeness (QED) is 0.774. The van der Waals surface area contributed by atoms with Gasteiger partial charge in [-0.3, -0.25) is 0 Å². The zero-order chi connectivity index (χ0) is 11.9. The van der Waals surface area contributed by atoms with Gasteiger partial charge in [-0.25, -0.2) is 0 Å². The van der Waals surface area contributed by atoms with E-state index in [0.717, 1.165) is 18.4 Å². The highest BCUT2D eigenvalue weighted by molar-refractivity contribution is 5.25. The highest BCUT2D eigenvalue weighted by atomic mass is 14.2. The zero-order valence-electron chi connectivity index (χ0n) is 9.76. The highest BCUT2D eigenvalue weighted by Gasteiger charge is 1.96. The lowest BCUT2D eigenvalue weighted by Crippen LogP contribution is -1.91. The number of nitriles is 1. The minimum absolute atomic E-state index is 0.499. The van der Waals surface area contributed by atoms with Crippen LogP contribution in [0, 0.1) is 11.3 Å². The summed E-state index contributed by atoms with van der Waals surface area (Å²) in [5.41, 5.74) is 3.79. The first-order chi connectivity index (χ1) is 8.38. The molecule has 17 heavy (non-hydrogen) atoms. The van der Waals surface area contributed by atoms with E-state index in [4.69, 9.17) is 5.26 Å². The van der Waals surface area contributed by atoms with Crippen LogP contribution in [0.15, 0.2) is 54.6 Å². The van der Waals surface area contributed by atoms with Crippen molar-refractivity contribution < 1.29 is 0 Å². The molecule has 1 heteroatoms. The summed E-state index contributed by atoms with van der Waals surface area (Å²) in [6, 6.07) is 21.0. The number of nitrogens with zero attached hydrogens (tertiary/aromatic N) is 1. The minimum Gasteiger partial charge on any atom is -0.198 e. The van der Waals surface area contributed by atoms with Crippen molar-refractivity contribution in [3.8, 4) is 6.07 Å². The van der Waals surface area contributed by atoms with Crippen LogP contribution in [0.1, 0.15) is 16.7 Å². The van der Waals surface area contributed by atoms with E-state index in [1.54, 1.807) is 0 Å². The SMILES string of the molecule is N#CCc1ccc(CCc2ccccc2)cc1. The van der Waals surface area contributed by atoms with E-state index in [2.05, 4.69) is 42.5 Å². The number of hydrogen-bond acceptors (Lipinski definition) is 1. The first-order valence-electron chi connectivity index (χ1n) is 5.87. The van der Waals surface area contributed by atoms with Gasteiger partial charge in [0.05, 0.1) is 12.5 Å². The minimum atomic E-state index is 0.499. The van der Waals surface area contributed by atoms with Crippen LogP contribution in [-0.2, 0) is 19.3 Å². The van der Waals surface area contributed by atoms with Crippen LogP contribution in [-0.4, -0.2) is 0 Å². The Morgan fingerprint density at radius 1 is 0.706 bits per heavy atom. The van der Waals surface area contributed by atoms with Crippen LogP contribution >= 0.6 is 0 Å². The van der Waals surface area contributed by atoms with Gasteiger partial charge in [0.25, 0.3) is 0 Å². The molecule has 0 aliphatic carbocycles. The highest BCUT2D eigenvalue weighted by Crippen LogP contribution is 2.09. The topological polar surface area (TPSA) is 23.8 Å². The predicted molar refractivity (Wildman–Crippen MR) is 69.6 cm³/mol. The molecule has 2 aromatic rings. The molecule has 0 saturated heterocycles. The van der Waals surface area contributed by atoms with Crippen LogP contribution in [0.25, 0.3) is 0 Å². The van der Waals surface area contributed by atoms with Crippen LogP contribution in [0.5, 0.6) is 0 Å². The molecule has 0 aliphatic rings. The van der Waals surface area contributed by atoms with Gasteiger partial charge in [0.15, 0.2) is 0 Å². The Morgan fingerprint density at radius 2 is 1.24 bits per heavy atom. The maximum atomic E-state index is 8.59. The first kappa shape index (κ1) is 11.4. The third kappa shape index (κ3) is 3.46. The van der Waals surface area contributed by atoms with Gasteiger partial charge in [-0.05, 0) is 29.5 Å². The molecule has 0 atom stereocenters. The maximum absolute atomic E-state index is 8.59. The standard InChI is InChI=1S/C16H15N/c17-13-12-16-10-8-15(9-11-16)7-6-14-4-2-1-3-5-14/h1-5,8-11H,6-7,12H2. The zero-order valence-corrected chi connectivity index (χ0v) is 9.76. The van der Waals surface area contributed by atoms with Gasteiger partial charge in [0.1, 0.15) is 0 Å². The average Bonchev–Trinajstić information content (AvgIpc) is 2.40. The molecule has 0 radical (unpaired) electrons. The van der Waals surface area contributed by atoms with E-state index < -0.39 is 0 Å². The molecule has 0 spiro atoms. The monoisotopic (exact) mass is 221 g/mol. The lowest BCUT2D eigenvalue weighted by atomic mass is 10.0. The summed E-state index contributed by atoms with van der Waals surface area (Å²) in [7, 11) is 0. The maximum Gasteiger partial charge on any atom is 0.0669 e. The summed E-state index contributed by atoms with van der Waals surface area (Å²) >= 11 is 0. The van der Waals surface area contributed by atoms with Gasteiger partial charge >= 0.3 is 0 Å². The normalized spacial score (nSPS) is 9.82. The lowest BCUT2D eigenvalue weighted by molar-refractivity contribution is 0.958. The summed E-state index contributed by atoms with van der Waals surface area (Å²) in [5.74, 6) is 0. The van der Waals surface area contributed by atoms with Crippen molar-refractivity contribution >= 4 is 0 Å². The predicted octanol–water partition coefficient (Wildman–Crippen LogP) is 3.54. The van der Waals surface area contributed by atoms with Crippen molar-refractivity contribution in [3.63, 3.8) is 0 Å². The molecular weight excluding hydrogens is 206 g/mol. The largest absolute Gasteiger partial charge is 0.198 e. The van der Waals surface area contributed by atoms with Crippen LogP contribution in [0.4, 0.5) is 0 Å². The van der Waals surface area contributed by atoms with Gasteiger partial charge < -0.3 is 0 Å². The molecule has 0 amide bonds. The molecule has 0 aliphatic heterocycles. The fraction of sp³-hybridized carbons (Fsp3) is 0.188. The Balaban J connectivity index is 1.94. The Hall–Kier alpha value is -2.07. The van der Waals surface area contributed by atoms with Crippen molar-refractivity contribution in [2.45, 2.75) is 19.3 Å². The number of hydrogen-bond donors (Lipinski definition) is 0. The van der Waals surface area contributed by atoms with Crippen molar-refractivity contribution in [2.24, 2.45) is 0 Å². The molecule has 0 bridgehead atoms. The third-order valence-corrected chi connectivity index (χ3v) is 2.85. The van der Waals surface area contributed by atoms with Crippen LogP contribution in [0.2, 0.25) is 0 Å². The first-order valence-corrected chi connectivity index (χ1v) is 5.87. The van der Waals surface area contributed by atoms with Gasteiger partial charge in [0, 0.05) is 0 Å². The van der Waals surface area contributed by atoms with Crippen molar-refractivity contribution in [1.82, 2.24) is 0 Å². The Morgan fingerprint density at radius 3 is 1.82 bits per heavy atom. The van der Waals surface area contributed by atoms with Crippen LogP contribution < -0.4 is 0 Å². The summed E-state index contributed by atoms with van der Waals surface area (Å²) in [6.45, 7) is 0. The third-order valence-electron chi connectivity index (χ3n) is 2.85. The number of benzene rings is 2. The molecule has 2 rings (SSSR count). The van der Waals surface area contributed by atoms with Crippen molar-refractivity contribution in [2.75, 3.05) is 0 Å². The van der Waals surface area contributed by atoms with E-state index in [9.17, 15) is 0 Å². The van der Waals surface area contributed by atoms with E-state index in [1.165, 1.54) is 11.1 Å². The average molecular weight is 221 g/mol. The Kier molecular flexibility index (Phi) is 3.94.